The molecule has 0 amide bonds. The monoisotopic (exact) mass is 442 g/mol. The molecule has 2 aromatic rings. The van der Waals surface area contributed by atoms with Crippen molar-refractivity contribution in [3.63, 3.8) is 0 Å². The van der Waals surface area contributed by atoms with Crippen LogP contribution in [0.3, 0.4) is 0 Å². The molecule has 2 aromatic carbocycles. The molecule has 3 rings (SSSR count). The maximum atomic E-state index is 9.78. The summed E-state index contributed by atoms with van der Waals surface area (Å²) in [6.45, 7) is 10.3. The van der Waals surface area contributed by atoms with Crippen LogP contribution >= 0.6 is 0 Å². The Morgan fingerprint density at radius 2 is 1.87 bits per heavy atom. The van der Waals surface area contributed by atoms with E-state index in [1.54, 1.807) is 7.11 Å². The first-order chi connectivity index (χ1) is 14.5. The summed E-state index contributed by atoms with van der Waals surface area (Å²) in [4.78, 5) is 0. The third-order valence-corrected chi connectivity index (χ3v) is 6.15. The van der Waals surface area contributed by atoms with Crippen molar-refractivity contribution in [2.75, 3.05) is 7.11 Å². The first-order valence-electron chi connectivity index (χ1n) is 10.7. The van der Waals surface area contributed by atoms with Gasteiger partial charge in [-0.25, -0.2) is 0 Å². The van der Waals surface area contributed by atoms with Crippen LogP contribution in [0, 0.1) is 0 Å². The van der Waals surface area contributed by atoms with Gasteiger partial charge < -0.3 is 24.1 Å². The molecule has 2 N–H and O–H groups in total. The highest BCUT2D eigenvalue weighted by Gasteiger charge is 2.27. The molecule has 1 aliphatic rings. The second-order valence-corrected chi connectivity index (χ2v) is 14.0. The molecule has 0 bridgehead atoms. The normalized spacial score (nSPS) is 15.8. The second kappa shape index (κ2) is 9.07. The summed E-state index contributed by atoms with van der Waals surface area (Å²) in [5.41, 5.74) is 4.13. The van der Waals surface area contributed by atoms with Crippen LogP contribution in [0.25, 0.3) is 11.8 Å². The van der Waals surface area contributed by atoms with Gasteiger partial charge >= 0.3 is 0 Å². The maximum Gasteiger partial charge on any atom is 0.242 e. The van der Waals surface area contributed by atoms with Crippen molar-refractivity contribution in [3.8, 4) is 11.5 Å². The lowest BCUT2D eigenvalue weighted by Gasteiger charge is -2.33. The lowest BCUT2D eigenvalue weighted by Crippen LogP contribution is -2.32. The quantitative estimate of drug-likeness (QED) is 0.353. The van der Waals surface area contributed by atoms with Gasteiger partial charge in [-0.15, -0.1) is 0 Å². The summed E-state index contributed by atoms with van der Waals surface area (Å²) in [5.74, 6) is 2.27. The number of ether oxygens (including phenoxy) is 2. The predicted molar refractivity (Wildman–Crippen MR) is 127 cm³/mol. The number of aryl methyl sites for hydroxylation is 1. The standard InChI is InChI=1S/C25H34O5Si/c1-25(2)10-9-19-14-18(7-8-22(19)29-25)23(30-31(4,5)6)12-17-11-20(15-26)21(16-27)24(13-17)28-3/h7-8,11-14,26-27H,9-10,15-16H2,1-6H3/b23-12-. The number of hydrogen-bond donors (Lipinski definition) is 2. The van der Waals surface area contributed by atoms with Gasteiger partial charge in [-0.2, -0.15) is 0 Å². The van der Waals surface area contributed by atoms with Crippen LogP contribution in [0.4, 0.5) is 0 Å². The minimum Gasteiger partial charge on any atom is -0.544 e. The molecule has 0 spiro atoms. The molecular weight excluding hydrogens is 408 g/mol. The van der Waals surface area contributed by atoms with E-state index in [1.807, 2.05) is 30.3 Å². The van der Waals surface area contributed by atoms with E-state index in [0.717, 1.165) is 35.5 Å². The van der Waals surface area contributed by atoms with Gasteiger partial charge in [0.15, 0.2) is 0 Å². The van der Waals surface area contributed by atoms with Crippen LogP contribution in [0.15, 0.2) is 30.3 Å². The van der Waals surface area contributed by atoms with Gasteiger partial charge in [0.2, 0.25) is 8.32 Å². The number of rotatable bonds is 7. The van der Waals surface area contributed by atoms with Crippen molar-refractivity contribution in [2.45, 2.75) is 65.1 Å². The predicted octanol–water partition coefficient (Wildman–Crippen LogP) is 5.13. The fourth-order valence-electron chi connectivity index (χ4n) is 3.78. The van der Waals surface area contributed by atoms with E-state index in [2.05, 4.69) is 39.6 Å². The Morgan fingerprint density at radius 3 is 2.48 bits per heavy atom. The smallest absolute Gasteiger partial charge is 0.242 e. The Hall–Kier alpha value is -2.28. The molecule has 31 heavy (non-hydrogen) atoms. The molecule has 1 aliphatic heterocycles. The van der Waals surface area contributed by atoms with Crippen molar-refractivity contribution in [1.29, 1.82) is 0 Å². The van der Waals surface area contributed by atoms with E-state index in [4.69, 9.17) is 13.9 Å². The molecule has 5 nitrogen and oxygen atoms in total. The summed E-state index contributed by atoms with van der Waals surface area (Å²) >= 11 is 0. The van der Waals surface area contributed by atoms with Gasteiger partial charge in [-0.1, -0.05) is 0 Å². The van der Waals surface area contributed by atoms with Gasteiger partial charge in [-0.3, -0.25) is 0 Å². The average molecular weight is 443 g/mol. The van der Waals surface area contributed by atoms with E-state index in [0.29, 0.717) is 16.9 Å². The Bertz CT molecular complexity index is 947. The molecule has 0 aromatic heterocycles. The minimum atomic E-state index is -1.90. The fraction of sp³-hybridized carbons (Fsp3) is 0.440. The Balaban J connectivity index is 2.08. The highest BCUT2D eigenvalue weighted by molar-refractivity contribution is 6.70. The van der Waals surface area contributed by atoms with Crippen molar-refractivity contribution >= 4 is 20.2 Å². The molecule has 0 radical (unpaired) electrons. The van der Waals surface area contributed by atoms with Crippen LogP contribution in [0.5, 0.6) is 11.5 Å². The number of methoxy groups -OCH3 is 1. The van der Waals surface area contributed by atoms with E-state index in [1.165, 1.54) is 5.56 Å². The zero-order valence-corrected chi connectivity index (χ0v) is 20.4. The summed E-state index contributed by atoms with van der Waals surface area (Å²) in [7, 11) is -0.334. The van der Waals surface area contributed by atoms with Gasteiger partial charge in [-0.05, 0) is 99.4 Å². The van der Waals surface area contributed by atoms with Gasteiger partial charge in [0.25, 0.3) is 0 Å². The summed E-state index contributed by atoms with van der Waals surface area (Å²) < 4.78 is 18.1. The van der Waals surface area contributed by atoms with Crippen molar-refractivity contribution in [1.82, 2.24) is 0 Å². The SMILES string of the molecule is COc1cc(/C=C(\O[Si](C)(C)C)c2ccc3c(c2)CCC(C)(C)O3)cc(CO)c1CO. The summed E-state index contributed by atoms with van der Waals surface area (Å²) in [6, 6.07) is 9.96. The second-order valence-electron chi connectivity index (χ2n) is 9.58. The molecule has 0 fully saturated rings. The van der Waals surface area contributed by atoms with E-state index in [9.17, 15) is 10.2 Å². The van der Waals surface area contributed by atoms with E-state index < -0.39 is 8.32 Å². The minimum absolute atomic E-state index is 0.145. The zero-order valence-electron chi connectivity index (χ0n) is 19.4. The lowest BCUT2D eigenvalue weighted by atomic mass is 9.93. The third-order valence-electron chi connectivity index (χ3n) is 5.31. The Morgan fingerprint density at radius 1 is 1.13 bits per heavy atom. The molecule has 1 heterocycles. The van der Waals surface area contributed by atoms with Crippen LogP contribution in [-0.2, 0) is 24.1 Å². The lowest BCUT2D eigenvalue weighted by molar-refractivity contribution is 0.0847. The molecule has 0 unspecified atom stereocenters. The molecule has 168 valence electrons. The van der Waals surface area contributed by atoms with Crippen LogP contribution < -0.4 is 9.47 Å². The van der Waals surface area contributed by atoms with E-state index in [-0.39, 0.29) is 18.8 Å². The van der Waals surface area contributed by atoms with Crippen LogP contribution in [0.1, 0.15) is 48.1 Å². The van der Waals surface area contributed by atoms with Gasteiger partial charge in [0.1, 0.15) is 22.9 Å². The van der Waals surface area contributed by atoms with Crippen LogP contribution in [-0.4, -0.2) is 31.2 Å². The maximum absolute atomic E-state index is 9.78. The number of aliphatic hydroxyl groups excluding tert-OH is 2. The number of benzene rings is 2. The van der Waals surface area contributed by atoms with Crippen molar-refractivity contribution < 1.29 is 24.1 Å². The van der Waals surface area contributed by atoms with Crippen LogP contribution in [0.2, 0.25) is 19.6 Å². The first kappa shape index (κ1) is 23.4. The number of hydrogen-bond acceptors (Lipinski definition) is 5. The van der Waals surface area contributed by atoms with Gasteiger partial charge in [0.05, 0.1) is 20.3 Å². The van der Waals surface area contributed by atoms with Gasteiger partial charge in [0, 0.05) is 11.1 Å². The molecule has 0 aliphatic carbocycles. The third kappa shape index (κ3) is 5.70. The average Bonchev–Trinajstić information content (AvgIpc) is 2.70. The molecule has 0 saturated carbocycles. The molecular formula is C25H34O5Si. The summed E-state index contributed by atoms with van der Waals surface area (Å²) in [5, 5.41) is 19.5. The largest absolute Gasteiger partial charge is 0.544 e. The number of aliphatic hydroxyl groups is 2. The van der Waals surface area contributed by atoms with E-state index >= 15 is 0 Å². The topological polar surface area (TPSA) is 68.2 Å². The van der Waals surface area contributed by atoms with Crippen molar-refractivity contribution in [3.05, 3.63) is 58.1 Å². The molecule has 6 heteroatoms. The molecule has 0 atom stereocenters. The highest BCUT2D eigenvalue weighted by atomic mass is 28.4. The summed E-state index contributed by atoms with van der Waals surface area (Å²) in [6.07, 6.45) is 3.91. The fourth-order valence-corrected chi connectivity index (χ4v) is 4.61. The Kier molecular flexibility index (Phi) is 6.84. The highest BCUT2D eigenvalue weighted by Crippen LogP contribution is 2.36. The van der Waals surface area contributed by atoms with Crippen molar-refractivity contribution in [2.24, 2.45) is 0 Å². The first-order valence-corrected chi connectivity index (χ1v) is 14.1. The Labute approximate surface area is 186 Å². The molecule has 0 saturated heterocycles. The zero-order chi connectivity index (χ0) is 22.8. The number of fused-ring (bicyclic) bond motifs is 1.